The van der Waals surface area contributed by atoms with Gasteiger partial charge in [0.05, 0.1) is 18.8 Å². The first-order valence-corrected chi connectivity index (χ1v) is 8.03. The summed E-state index contributed by atoms with van der Waals surface area (Å²) in [7, 11) is 0. The molecule has 0 aromatic carbocycles. The van der Waals surface area contributed by atoms with E-state index in [1.54, 1.807) is 0 Å². The second-order valence-electron chi connectivity index (χ2n) is 6.44. The zero-order valence-corrected chi connectivity index (χ0v) is 13.1. The molecule has 1 saturated carbocycles. The zero-order chi connectivity index (χ0) is 14.1. The topological polar surface area (TPSA) is 44.5 Å². The maximum absolute atomic E-state index is 6.08. The lowest BCUT2D eigenvalue weighted by Crippen LogP contribution is -2.44. The Morgan fingerprint density at radius 1 is 1.21 bits per heavy atom. The van der Waals surface area contributed by atoms with E-state index >= 15 is 0 Å². The molecule has 0 aromatic rings. The molecule has 1 aliphatic rings. The number of hydrogen-bond donors (Lipinski definition) is 1. The SMILES string of the molecule is CCCC1CCC(CN)(OCCOCC(C)C)CC1. The van der Waals surface area contributed by atoms with Gasteiger partial charge in [0.2, 0.25) is 0 Å². The normalized spacial score (nSPS) is 27.9. The van der Waals surface area contributed by atoms with Crippen molar-refractivity contribution in [3.63, 3.8) is 0 Å². The largest absolute Gasteiger partial charge is 0.379 e. The first-order valence-electron chi connectivity index (χ1n) is 8.03. The van der Waals surface area contributed by atoms with E-state index in [9.17, 15) is 0 Å². The fourth-order valence-electron chi connectivity index (χ4n) is 2.94. The predicted octanol–water partition coefficient (Wildman–Crippen LogP) is 3.36. The van der Waals surface area contributed by atoms with E-state index in [1.165, 1.54) is 25.7 Å². The quantitative estimate of drug-likeness (QED) is 0.654. The molecule has 19 heavy (non-hydrogen) atoms. The van der Waals surface area contributed by atoms with E-state index in [-0.39, 0.29) is 5.60 Å². The van der Waals surface area contributed by atoms with Crippen LogP contribution in [0.5, 0.6) is 0 Å². The van der Waals surface area contributed by atoms with Gasteiger partial charge < -0.3 is 15.2 Å². The Morgan fingerprint density at radius 3 is 2.42 bits per heavy atom. The third kappa shape index (κ3) is 6.24. The lowest BCUT2D eigenvalue weighted by molar-refractivity contribution is -0.0900. The molecule has 0 spiro atoms. The molecule has 0 amide bonds. The Labute approximate surface area is 119 Å². The zero-order valence-electron chi connectivity index (χ0n) is 13.1. The monoisotopic (exact) mass is 271 g/mol. The average molecular weight is 271 g/mol. The molecule has 0 aromatic heterocycles. The van der Waals surface area contributed by atoms with E-state index in [2.05, 4.69) is 20.8 Å². The Morgan fingerprint density at radius 2 is 1.89 bits per heavy atom. The van der Waals surface area contributed by atoms with Crippen LogP contribution in [-0.2, 0) is 9.47 Å². The van der Waals surface area contributed by atoms with Crippen molar-refractivity contribution in [2.75, 3.05) is 26.4 Å². The molecule has 2 N–H and O–H groups in total. The van der Waals surface area contributed by atoms with Gasteiger partial charge in [-0.1, -0.05) is 33.6 Å². The van der Waals surface area contributed by atoms with E-state index in [0.717, 1.165) is 25.4 Å². The highest BCUT2D eigenvalue weighted by Gasteiger charge is 2.34. The van der Waals surface area contributed by atoms with Crippen LogP contribution in [-0.4, -0.2) is 32.0 Å². The van der Waals surface area contributed by atoms with E-state index in [0.29, 0.717) is 25.7 Å². The third-order valence-corrected chi connectivity index (χ3v) is 4.17. The molecule has 3 heteroatoms. The van der Waals surface area contributed by atoms with Crippen LogP contribution in [0.2, 0.25) is 0 Å². The number of nitrogens with two attached hydrogens (primary N) is 1. The number of rotatable bonds is 9. The number of hydrogen-bond acceptors (Lipinski definition) is 3. The lowest BCUT2D eigenvalue weighted by Gasteiger charge is -2.39. The summed E-state index contributed by atoms with van der Waals surface area (Å²) < 4.78 is 11.6. The van der Waals surface area contributed by atoms with Crippen LogP contribution in [0, 0.1) is 11.8 Å². The molecule has 0 saturated heterocycles. The molecule has 1 rings (SSSR count). The van der Waals surface area contributed by atoms with Crippen LogP contribution < -0.4 is 5.73 Å². The third-order valence-electron chi connectivity index (χ3n) is 4.17. The molecule has 0 radical (unpaired) electrons. The van der Waals surface area contributed by atoms with Crippen LogP contribution in [0.25, 0.3) is 0 Å². The molecule has 114 valence electrons. The minimum atomic E-state index is -0.0641. The molecule has 0 atom stereocenters. The van der Waals surface area contributed by atoms with E-state index in [1.807, 2.05) is 0 Å². The summed E-state index contributed by atoms with van der Waals surface area (Å²) in [6.45, 7) is 9.44. The minimum Gasteiger partial charge on any atom is -0.379 e. The predicted molar refractivity (Wildman–Crippen MR) is 80.3 cm³/mol. The summed E-state index contributed by atoms with van der Waals surface area (Å²) in [6, 6.07) is 0. The summed E-state index contributed by atoms with van der Waals surface area (Å²) in [5, 5.41) is 0. The van der Waals surface area contributed by atoms with Gasteiger partial charge in [-0.3, -0.25) is 0 Å². The van der Waals surface area contributed by atoms with Crippen molar-refractivity contribution in [2.24, 2.45) is 17.6 Å². The molecule has 0 bridgehead atoms. The van der Waals surface area contributed by atoms with Gasteiger partial charge in [-0.2, -0.15) is 0 Å². The molecule has 1 fully saturated rings. The van der Waals surface area contributed by atoms with Gasteiger partial charge in [-0.05, 0) is 37.5 Å². The molecule has 1 aliphatic carbocycles. The van der Waals surface area contributed by atoms with Crippen LogP contribution >= 0.6 is 0 Å². The van der Waals surface area contributed by atoms with Crippen LogP contribution in [0.4, 0.5) is 0 Å². The van der Waals surface area contributed by atoms with E-state index < -0.39 is 0 Å². The number of ether oxygens (including phenoxy) is 2. The second kappa shape index (κ2) is 8.93. The highest BCUT2D eigenvalue weighted by atomic mass is 16.5. The van der Waals surface area contributed by atoms with Crippen molar-refractivity contribution in [3.05, 3.63) is 0 Å². The Bertz CT molecular complexity index is 223. The van der Waals surface area contributed by atoms with Crippen molar-refractivity contribution >= 4 is 0 Å². The molecule has 3 nitrogen and oxygen atoms in total. The maximum atomic E-state index is 6.08. The van der Waals surface area contributed by atoms with Crippen molar-refractivity contribution in [3.8, 4) is 0 Å². The molecular weight excluding hydrogens is 238 g/mol. The fourth-order valence-corrected chi connectivity index (χ4v) is 2.94. The summed E-state index contributed by atoms with van der Waals surface area (Å²) in [5.74, 6) is 1.48. The Balaban J connectivity index is 2.21. The first-order chi connectivity index (χ1) is 9.12. The summed E-state index contributed by atoms with van der Waals surface area (Å²) >= 11 is 0. The van der Waals surface area contributed by atoms with Crippen molar-refractivity contribution in [2.45, 2.75) is 64.9 Å². The van der Waals surface area contributed by atoms with Crippen molar-refractivity contribution in [1.29, 1.82) is 0 Å². The van der Waals surface area contributed by atoms with Gasteiger partial charge in [0.1, 0.15) is 0 Å². The molecule has 0 aliphatic heterocycles. The fraction of sp³-hybridized carbons (Fsp3) is 1.00. The maximum Gasteiger partial charge on any atom is 0.0805 e. The van der Waals surface area contributed by atoms with Crippen LogP contribution in [0.1, 0.15) is 59.3 Å². The van der Waals surface area contributed by atoms with Crippen molar-refractivity contribution < 1.29 is 9.47 Å². The first kappa shape index (κ1) is 16.9. The highest BCUT2D eigenvalue weighted by molar-refractivity contribution is 4.88. The Kier molecular flexibility index (Phi) is 7.96. The van der Waals surface area contributed by atoms with Crippen LogP contribution in [0.3, 0.4) is 0 Å². The highest BCUT2D eigenvalue weighted by Crippen LogP contribution is 2.36. The van der Waals surface area contributed by atoms with Gasteiger partial charge in [0.15, 0.2) is 0 Å². The summed E-state index contributed by atoms with van der Waals surface area (Å²) in [5.41, 5.74) is 5.89. The standard InChI is InChI=1S/C16H33NO2/c1-4-5-15-6-8-16(13-17,9-7-15)19-11-10-18-12-14(2)3/h14-15H,4-13,17H2,1-3H3. The van der Waals surface area contributed by atoms with Gasteiger partial charge in [0.25, 0.3) is 0 Å². The summed E-state index contributed by atoms with van der Waals surface area (Å²) in [4.78, 5) is 0. The average Bonchev–Trinajstić information content (AvgIpc) is 2.40. The van der Waals surface area contributed by atoms with Gasteiger partial charge in [0, 0.05) is 13.2 Å². The summed E-state index contributed by atoms with van der Waals surface area (Å²) in [6.07, 6.45) is 7.45. The molecule has 0 heterocycles. The molecule has 0 unspecified atom stereocenters. The van der Waals surface area contributed by atoms with Gasteiger partial charge in [-0.15, -0.1) is 0 Å². The Hall–Kier alpha value is -0.120. The van der Waals surface area contributed by atoms with E-state index in [4.69, 9.17) is 15.2 Å². The minimum absolute atomic E-state index is 0.0641. The van der Waals surface area contributed by atoms with Gasteiger partial charge in [-0.25, -0.2) is 0 Å². The molecular formula is C16H33NO2. The smallest absolute Gasteiger partial charge is 0.0805 e. The lowest BCUT2D eigenvalue weighted by atomic mass is 9.77. The van der Waals surface area contributed by atoms with Crippen molar-refractivity contribution in [1.82, 2.24) is 0 Å². The second-order valence-corrected chi connectivity index (χ2v) is 6.44. The van der Waals surface area contributed by atoms with Crippen LogP contribution in [0.15, 0.2) is 0 Å². The van der Waals surface area contributed by atoms with Gasteiger partial charge >= 0.3 is 0 Å².